The van der Waals surface area contributed by atoms with Gasteiger partial charge in [0.1, 0.15) is 0 Å². The van der Waals surface area contributed by atoms with Crippen molar-refractivity contribution in [3.8, 4) is 0 Å². The molecule has 34 heavy (non-hydrogen) atoms. The second-order valence-corrected chi connectivity index (χ2v) is 8.76. The molecule has 0 fully saturated rings. The molecule has 0 radical (unpaired) electrons. The van der Waals surface area contributed by atoms with Crippen molar-refractivity contribution < 1.29 is 18.0 Å². The zero-order chi connectivity index (χ0) is 24.5. The minimum absolute atomic E-state index is 0.182. The van der Waals surface area contributed by atoms with E-state index in [1.165, 1.54) is 11.6 Å². The van der Waals surface area contributed by atoms with Crippen LogP contribution in [-0.2, 0) is 26.2 Å². The smallest absolute Gasteiger partial charge is 0.297 e. The lowest BCUT2D eigenvalue weighted by molar-refractivity contribution is -0.137. The molecule has 1 atom stereocenters. The van der Waals surface area contributed by atoms with Crippen molar-refractivity contribution in [3.05, 3.63) is 108 Å². The van der Waals surface area contributed by atoms with Gasteiger partial charge in [0.05, 0.1) is 5.56 Å². The Labute approximate surface area is 192 Å². The molecule has 174 valence electrons. The van der Waals surface area contributed by atoms with Crippen LogP contribution in [0, 0.1) is 6.92 Å². The second kappa shape index (κ2) is 7.41. The lowest BCUT2D eigenvalue weighted by Crippen LogP contribution is -2.44. The summed E-state index contributed by atoms with van der Waals surface area (Å²) >= 11 is 0. The van der Waals surface area contributed by atoms with E-state index in [9.17, 15) is 27.6 Å². The zero-order valence-electron chi connectivity index (χ0n) is 18.8. The van der Waals surface area contributed by atoms with E-state index in [-0.39, 0.29) is 29.9 Å². The average molecular weight is 466 g/mol. The maximum absolute atomic E-state index is 13.7. The van der Waals surface area contributed by atoms with E-state index in [2.05, 4.69) is 0 Å². The van der Waals surface area contributed by atoms with Crippen molar-refractivity contribution >= 4 is 11.4 Å². The monoisotopic (exact) mass is 466 g/mol. The van der Waals surface area contributed by atoms with Crippen LogP contribution in [0.3, 0.4) is 0 Å². The van der Waals surface area contributed by atoms with Crippen LogP contribution in [0.25, 0.3) is 5.57 Å². The van der Waals surface area contributed by atoms with E-state index in [0.717, 1.165) is 16.7 Å². The maximum Gasteiger partial charge on any atom is 0.416 e. The highest BCUT2D eigenvalue weighted by Gasteiger charge is 2.43. The minimum Gasteiger partial charge on any atom is -0.297 e. The third kappa shape index (κ3) is 3.04. The first-order valence-electron chi connectivity index (χ1n) is 10.9. The lowest BCUT2D eigenvalue weighted by Gasteiger charge is -2.30. The molecule has 1 unspecified atom stereocenters. The third-order valence-electron chi connectivity index (χ3n) is 6.75. The molecule has 0 N–H and O–H groups in total. The minimum atomic E-state index is -4.59. The second-order valence-electron chi connectivity index (χ2n) is 8.76. The molecule has 1 aromatic heterocycles. The van der Waals surface area contributed by atoms with Crippen LogP contribution < -0.4 is 11.2 Å². The average Bonchev–Trinajstić information content (AvgIpc) is 3.08. The fourth-order valence-electron chi connectivity index (χ4n) is 5.30. The quantitative estimate of drug-likeness (QED) is 0.568. The number of alkyl halides is 3. The third-order valence-corrected chi connectivity index (χ3v) is 6.75. The zero-order valence-corrected chi connectivity index (χ0v) is 18.8. The molecule has 0 amide bonds. The number of allylic oxidation sites excluding steroid dienone is 2. The fourth-order valence-corrected chi connectivity index (χ4v) is 5.30. The van der Waals surface area contributed by atoms with Crippen LogP contribution in [0.4, 0.5) is 13.2 Å². The summed E-state index contributed by atoms with van der Waals surface area (Å²) < 4.78 is 43.5. The molecule has 5 nitrogen and oxygen atoms in total. The summed E-state index contributed by atoms with van der Waals surface area (Å²) in [5.74, 6) is -1.32. The van der Waals surface area contributed by atoms with Crippen molar-refractivity contribution in [2.45, 2.75) is 38.9 Å². The summed E-state index contributed by atoms with van der Waals surface area (Å²) in [5.41, 5.74) is 1.37. The van der Waals surface area contributed by atoms with Crippen LogP contribution in [0.2, 0.25) is 0 Å². The van der Waals surface area contributed by atoms with Gasteiger partial charge in [0.25, 0.3) is 5.56 Å². The first kappa shape index (κ1) is 22.1. The number of ketones is 1. The van der Waals surface area contributed by atoms with Gasteiger partial charge in [-0.1, -0.05) is 35.9 Å². The van der Waals surface area contributed by atoms with Crippen molar-refractivity contribution in [1.29, 1.82) is 0 Å². The van der Waals surface area contributed by atoms with Crippen LogP contribution in [0.5, 0.6) is 0 Å². The highest BCUT2D eigenvalue weighted by Crippen LogP contribution is 2.48. The predicted octanol–water partition coefficient (Wildman–Crippen LogP) is 4.23. The highest BCUT2D eigenvalue weighted by molar-refractivity contribution is 6.22. The van der Waals surface area contributed by atoms with Crippen molar-refractivity contribution in [2.75, 3.05) is 0 Å². The number of nitrogens with zero attached hydrogens (tertiary/aromatic N) is 2. The molecule has 0 saturated heterocycles. The molecular weight excluding hydrogens is 445 g/mol. The van der Waals surface area contributed by atoms with Crippen LogP contribution in [-0.4, -0.2) is 14.9 Å². The SMILES string of the molecule is CCn1c2c(c(=O)n(C)c1=O)C(c1cc(C)cc(C(F)(F)F)c1)C1=C(C2)c2ccccc2C1=O. The first-order valence-corrected chi connectivity index (χ1v) is 10.9. The van der Waals surface area contributed by atoms with Gasteiger partial charge < -0.3 is 0 Å². The van der Waals surface area contributed by atoms with E-state index in [0.29, 0.717) is 33.5 Å². The number of rotatable bonds is 2. The van der Waals surface area contributed by atoms with E-state index in [1.54, 1.807) is 44.2 Å². The summed E-state index contributed by atoms with van der Waals surface area (Å²) in [5, 5.41) is 0. The summed E-state index contributed by atoms with van der Waals surface area (Å²) in [6.45, 7) is 3.60. The van der Waals surface area contributed by atoms with Gasteiger partial charge in [-0.15, -0.1) is 0 Å². The molecule has 1 heterocycles. The van der Waals surface area contributed by atoms with Gasteiger partial charge in [0.15, 0.2) is 5.78 Å². The van der Waals surface area contributed by atoms with Crippen LogP contribution in [0.15, 0.2) is 57.6 Å². The van der Waals surface area contributed by atoms with E-state index < -0.39 is 28.9 Å². The Bertz CT molecular complexity index is 1540. The molecule has 0 saturated carbocycles. The summed E-state index contributed by atoms with van der Waals surface area (Å²) in [6, 6.07) is 10.6. The number of carbonyl (C=O) groups is 1. The van der Waals surface area contributed by atoms with E-state index in [4.69, 9.17) is 0 Å². The van der Waals surface area contributed by atoms with Gasteiger partial charge in [-0.2, -0.15) is 13.2 Å². The Morgan fingerprint density at radius 1 is 1.03 bits per heavy atom. The van der Waals surface area contributed by atoms with Crippen LogP contribution >= 0.6 is 0 Å². The van der Waals surface area contributed by atoms with Gasteiger partial charge in [-0.3, -0.25) is 18.7 Å². The number of hydrogen-bond acceptors (Lipinski definition) is 3. The van der Waals surface area contributed by atoms with Crippen LogP contribution in [0.1, 0.15) is 56.7 Å². The lowest BCUT2D eigenvalue weighted by atomic mass is 9.76. The molecular formula is C26H21F3N2O3. The number of aromatic nitrogens is 2. The summed E-state index contributed by atoms with van der Waals surface area (Å²) in [7, 11) is 1.35. The number of Topliss-reactive ketones (excluding diaryl/α,β-unsaturated/α-hetero) is 1. The standard InChI is InChI=1S/C26H21F3N2O3/c1-4-31-19-12-18-16-7-5-6-8-17(16)23(32)21(18)20(22(19)24(33)30(3)25(31)34)14-9-13(2)10-15(11-14)26(27,28)29/h5-11,20H,4,12H2,1-3H3. The molecule has 0 aliphatic heterocycles. The molecule has 2 aliphatic carbocycles. The number of hydrogen-bond donors (Lipinski definition) is 0. The molecule has 2 aromatic carbocycles. The van der Waals surface area contributed by atoms with Gasteiger partial charge in [0.2, 0.25) is 0 Å². The van der Waals surface area contributed by atoms with E-state index >= 15 is 0 Å². The first-order chi connectivity index (χ1) is 16.0. The Balaban J connectivity index is 1.90. The summed E-state index contributed by atoms with van der Waals surface area (Å²) in [6.07, 6.45) is -4.41. The van der Waals surface area contributed by atoms with Gasteiger partial charge in [-0.25, -0.2) is 4.79 Å². The summed E-state index contributed by atoms with van der Waals surface area (Å²) in [4.78, 5) is 39.8. The Morgan fingerprint density at radius 2 is 1.71 bits per heavy atom. The largest absolute Gasteiger partial charge is 0.416 e. The van der Waals surface area contributed by atoms with E-state index in [1.807, 2.05) is 0 Å². The van der Waals surface area contributed by atoms with Gasteiger partial charge >= 0.3 is 11.9 Å². The number of halogens is 3. The Hall–Kier alpha value is -3.68. The van der Waals surface area contributed by atoms with Crippen molar-refractivity contribution in [3.63, 3.8) is 0 Å². The Morgan fingerprint density at radius 3 is 2.35 bits per heavy atom. The predicted molar refractivity (Wildman–Crippen MR) is 121 cm³/mol. The number of benzene rings is 2. The molecule has 3 aromatic rings. The topological polar surface area (TPSA) is 61.1 Å². The Kier molecular flexibility index (Phi) is 4.83. The molecule has 0 spiro atoms. The molecule has 0 bridgehead atoms. The normalized spacial score (nSPS) is 17.0. The molecule has 8 heteroatoms. The molecule has 2 aliphatic rings. The highest BCUT2D eigenvalue weighted by atomic mass is 19.4. The number of fused-ring (bicyclic) bond motifs is 3. The van der Waals surface area contributed by atoms with Crippen molar-refractivity contribution in [1.82, 2.24) is 9.13 Å². The maximum atomic E-state index is 13.7. The molecule has 5 rings (SSSR count). The number of aryl methyl sites for hydroxylation is 1. The van der Waals surface area contributed by atoms with Gasteiger partial charge in [-0.05, 0) is 42.7 Å². The van der Waals surface area contributed by atoms with Crippen molar-refractivity contribution in [2.24, 2.45) is 7.05 Å². The van der Waals surface area contributed by atoms with Gasteiger partial charge in [0, 0.05) is 48.3 Å². The fraction of sp³-hybridized carbons (Fsp3) is 0.269. The number of carbonyl (C=O) groups excluding carboxylic acids is 1.